The molecule has 0 aliphatic rings. The first-order valence-corrected chi connectivity index (χ1v) is 7.76. The summed E-state index contributed by atoms with van der Waals surface area (Å²) in [5, 5.41) is 10.2. The third-order valence-electron chi connectivity index (χ3n) is 3.81. The Morgan fingerprint density at radius 3 is 2.60 bits per heavy atom. The summed E-state index contributed by atoms with van der Waals surface area (Å²) in [5.41, 5.74) is 8.63. The number of rotatable bonds is 6. The maximum Gasteiger partial charge on any atom is 0.321 e. The predicted octanol–water partition coefficient (Wildman–Crippen LogP) is 2.99. The number of allylic oxidation sites excluding steroid dienone is 1. The van der Waals surface area contributed by atoms with Gasteiger partial charge in [0, 0.05) is 37.3 Å². The topological polar surface area (TPSA) is 91.4 Å². The highest BCUT2D eigenvalue weighted by Crippen LogP contribution is 2.18. The number of amides is 2. The smallest absolute Gasteiger partial charge is 0.321 e. The minimum Gasteiger partial charge on any atom is -0.497 e. The highest BCUT2D eigenvalue weighted by Gasteiger charge is 2.11. The summed E-state index contributed by atoms with van der Waals surface area (Å²) in [6.07, 6.45) is 2.58. The maximum atomic E-state index is 12.3. The molecule has 6 nitrogen and oxygen atoms in total. The molecule has 6 heteroatoms. The van der Waals surface area contributed by atoms with Gasteiger partial charge >= 0.3 is 6.03 Å². The highest BCUT2D eigenvalue weighted by molar-refractivity contribution is 6.08. The zero-order valence-corrected chi connectivity index (χ0v) is 14.3. The number of urea groups is 1. The van der Waals surface area contributed by atoms with Crippen molar-refractivity contribution < 1.29 is 9.53 Å². The van der Waals surface area contributed by atoms with E-state index in [0.717, 1.165) is 22.6 Å². The van der Waals surface area contributed by atoms with Gasteiger partial charge in [-0.2, -0.15) is 0 Å². The van der Waals surface area contributed by atoms with Crippen LogP contribution in [0, 0.1) is 5.41 Å². The lowest BCUT2D eigenvalue weighted by Gasteiger charge is -2.18. The number of hydrogen-bond acceptors (Lipinski definition) is 4. The van der Waals surface area contributed by atoms with Gasteiger partial charge in [0.15, 0.2) is 0 Å². The van der Waals surface area contributed by atoms with E-state index < -0.39 is 0 Å². The standard InChI is InChI=1S/C19H22N4O2/c1-23(17-8-6-15(7-9-17)16(11-20)12-21)19(24)22-13-14-4-3-5-18(10-14)25-2/h3-12,20H,13,21H2,1-2H3,(H,22,24)/b16-12+,20-11?. The van der Waals surface area contributed by atoms with Gasteiger partial charge < -0.3 is 21.2 Å². The Morgan fingerprint density at radius 1 is 1.28 bits per heavy atom. The molecule has 2 amide bonds. The van der Waals surface area contributed by atoms with Gasteiger partial charge in [-0.05, 0) is 35.4 Å². The lowest BCUT2D eigenvalue weighted by molar-refractivity contribution is 0.247. The SMILES string of the molecule is COc1cccc(CNC(=O)N(C)c2ccc(/C(C=N)=C/N)cc2)c1. The van der Waals surface area contributed by atoms with Crippen LogP contribution in [0.1, 0.15) is 11.1 Å². The molecule has 0 heterocycles. The first-order chi connectivity index (χ1) is 12.1. The maximum absolute atomic E-state index is 12.3. The summed E-state index contributed by atoms with van der Waals surface area (Å²) >= 11 is 0. The van der Waals surface area contributed by atoms with Crippen molar-refractivity contribution in [2.24, 2.45) is 5.73 Å². The molecule has 2 rings (SSSR count). The first-order valence-electron chi connectivity index (χ1n) is 7.76. The third-order valence-corrected chi connectivity index (χ3v) is 3.81. The zero-order valence-electron chi connectivity index (χ0n) is 14.3. The Kier molecular flexibility index (Phi) is 6.17. The van der Waals surface area contributed by atoms with Crippen LogP contribution in [0.3, 0.4) is 0 Å². The minimum atomic E-state index is -0.211. The number of nitrogens with two attached hydrogens (primary N) is 1. The van der Waals surface area contributed by atoms with E-state index in [-0.39, 0.29) is 6.03 Å². The number of carbonyl (C=O) groups is 1. The molecule has 0 spiro atoms. The largest absolute Gasteiger partial charge is 0.497 e. The molecule has 0 unspecified atom stereocenters. The van der Waals surface area contributed by atoms with Crippen LogP contribution in [0.4, 0.5) is 10.5 Å². The van der Waals surface area contributed by atoms with Gasteiger partial charge in [0.05, 0.1) is 7.11 Å². The summed E-state index contributed by atoms with van der Waals surface area (Å²) in [5.74, 6) is 0.755. The Hall–Kier alpha value is -3.28. The van der Waals surface area contributed by atoms with E-state index in [0.29, 0.717) is 12.1 Å². The second kappa shape index (κ2) is 8.54. The molecule has 2 aromatic rings. The Morgan fingerprint density at radius 2 is 2.00 bits per heavy atom. The van der Waals surface area contributed by atoms with E-state index in [4.69, 9.17) is 15.9 Å². The van der Waals surface area contributed by atoms with E-state index in [2.05, 4.69) is 5.32 Å². The van der Waals surface area contributed by atoms with Crippen LogP contribution in [-0.2, 0) is 6.54 Å². The number of ether oxygens (including phenoxy) is 1. The molecule has 25 heavy (non-hydrogen) atoms. The molecule has 2 aromatic carbocycles. The second-order valence-corrected chi connectivity index (χ2v) is 5.38. The van der Waals surface area contributed by atoms with Crippen molar-refractivity contribution in [1.29, 1.82) is 5.41 Å². The molecule has 0 atom stereocenters. The Bertz CT molecular complexity index is 769. The fourth-order valence-electron chi connectivity index (χ4n) is 2.30. The van der Waals surface area contributed by atoms with Gasteiger partial charge in [0.25, 0.3) is 0 Å². The summed E-state index contributed by atoms with van der Waals surface area (Å²) in [6, 6.07) is 14.6. The van der Waals surface area contributed by atoms with Gasteiger partial charge in [-0.1, -0.05) is 24.3 Å². The summed E-state index contributed by atoms with van der Waals surface area (Å²) in [7, 11) is 3.31. The van der Waals surface area contributed by atoms with Crippen molar-refractivity contribution in [3.8, 4) is 5.75 Å². The fraction of sp³-hybridized carbons (Fsp3) is 0.158. The quantitative estimate of drug-likeness (QED) is 0.707. The minimum absolute atomic E-state index is 0.211. The number of nitrogens with one attached hydrogen (secondary N) is 2. The average Bonchev–Trinajstić information content (AvgIpc) is 2.67. The van der Waals surface area contributed by atoms with Crippen molar-refractivity contribution >= 4 is 23.5 Å². The number of hydrogen-bond donors (Lipinski definition) is 3. The molecule has 0 aliphatic heterocycles. The van der Waals surface area contributed by atoms with Gasteiger partial charge in [-0.15, -0.1) is 0 Å². The number of nitrogens with zero attached hydrogens (tertiary/aromatic N) is 1. The number of methoxy groups -OCH3 is 1. The van der Waals surface area contributed by atoms with Crippen LogP contribution in [-0.4, -0.2) is 26.4 Å². The first kappa shape index (κ1) is 18.1. The van der Waals surface area contributed by atoms with Crippen LogP contribution >= 0.6 is 0 Å². The molecular weight excluding hydrogens is 316 g/mol. The van der Waals surface area contributed by atoms with E-state index >= 15 is 0 Å². The lowest BCUT2D eigenvalue weighted by Crippen LogP contribution is -2.36. The van der Waals surface area contributed by atoms with Gasteiger partial charge in [0.2, 0.25) is 0 Å². The van der Waals surface area contributed by atoms with E-state index in [1.165, 1.54) is 17.3 Å². The van der Waals surface area contributed by atoms with Gasteiger partial charge in [0.1, 0.15) is 5.75 Å². The summed E-state index contributed by atoms with van der Waals surface area (Å²) in [6.45, 7) is 0.409. The van der Waals surface area contributed by atoms with E-state index in [1.807, 2.05) is 48.5 Å². The monoisotopic (exact) mass is 338 g/mol. The Balaban J connectivity index is 2.00. The number of anilines is 1. The van der Waals surface area contributed by atoms with E-state index in [9.17, 15) is 4.79 Å². The molecule has 0 saturated heterocycles. The second-order valence-electron chi connectivity index (χ2n) is 5.38. The van der Waals surface area contributed by atoms with Crippen molar-refractivity contribution in [2.75, 3.05) is 19.1 Å². The molecule has 0 radical (unpaired) electrons. The third kappa shape index (κ3) is 4.60. The van der Waals surface area contributed by atoms with E-state index in [1.54, 1.807) is 14.2 Å². The molecule has 4 N–H and O–H groups in total. The molecule has 0 saturated carbocycles. The molecule has 130 valence electrons. The van der Waals surface area contributed by atoms with Crippen molar-refractivity contribution in [3.05, 3.63) is 65.9 Å². The Labute approximate surface area is 147 Å². The van der Waals surface area contributed by atoms with Crippen LogP contribution in [0.5, 0.6) is 5.75 Å². The molecular formula is C19H22N4O2. The van der Waals surface area contributed by atoms with Crippen molar-refractivity contribution in [3.63, 3.8) is 0 Å². The lowest BCUT2D eigenvalue weighted by atomic mass is 10.1. The normalized spacial score (nSPS) is 10.9. The molecule has 0 aromatic heterocycles. The van der Waals surface area contributed by atoms with Crippen LogP contribution in [0.2, 0.25) is 0 Å². The van der Waals surface area contributed by atoms with Crippen molar-refractivity contribution in [1.82, 2.24) is 5.32 Å². The molecule has 0 aliphatic carbocycles. The van der Waals surface area contributed by atoms with Crippen LogP contribution < -0.4 is 20.7 Å². The fourth-order valence-corrected chi connectivity index (χ4v) is 2.30. The highest BCUT2D eigenvalue weighted by atomic mass is 16.5. The van der Waals surface area contributed by atoms with Crippen LogP contribution in [0.15, 0.2) is 54.7 Å². The average molecular weight is 338 g/mol. The number of carbonyl (C=O) groups excluding carboxylic acids is 1. The number of benzene rings is 2. The van der Waals surface area contributed by atoms with Gasteiger partial charge in [-0.3, -0.25) is 4.90 Å². The predicted molar refractivity (Wildman–Crippen MR) is 101 cm³/mol. The zero-order chi connectivity index (χ0) is 18.2. The van der Waals surface area contributed by atoms with Crippen molar-refractivity contribution in [2.45, 2.75) is 6.54 Å². The summed E-state index contributed by atoms with van der Waals surface area (Å²) < 4.78 is 5.17. The summed E-state index contributed by atoms with van der Waals surface area (Å²) in [4.78, 5) is 13.8. The van der Waals surface area contributed by atoms with Crippen LogP contribution in [0.25, 0.3) is 5.57 Å². The molecule has 0 bridgehead atoms. The molecule has 0 fully saturated rings. The van der Waals surface area contributed by atoms with Gasteiger partial charge in [-0.25, -0.2) is 4.79 Å².